The minimum absolute atomic E-state index is 0.0804. The number of rotatable bonds is 3. The van der Waals surface area contributed by atoms with E-state index < -0.39 is 10.0 Å². The fourth-order valence-electron chi connectivity index (χ4n) is 1.81. The third-order valence-corrected chi connectivity index (χ3v) is 4.50. The zero-order chi connectivity index (χ0) is 11.8. The van der Waals surface area contributed by atoms with Crippen LogP contribution in [-0.2, 0) is 10.0 Å². The van der Waals surface area contributed by atoms with Crippen molar-refractivity contribution in [2.45, 2.75) is 36.8 Å². The predicted octanol–water partition coefficient (Wildman–Crippen LogP) is 0.885. The van der Waals surface area contributed by atoms with Crippen LogP contribution in [0.4, 0.5) is 5.69 Å². The van der Waals surface area contributed by atoms with Crippen LogP contribution in [0.1, 0.15) is 26.2 Å². The summed E-state index contributed by atoms with van der Waals surface area (Å²) < 4.78 is 26.7. The molecule has 16 heavy (non-hydrogen) atoms. The first kappa shape index (κ1) is 11.3. The van der Waals surface area contributed by atoms with Gasteiger partial charge in [-0.1, -0.05) is 0 Å². The smallest absolute Gasteiger partial charge is 0.260 e. The molecule has 0 amide bonds. The Morgan fingerprint density at radius 2 is 2.19 bits per heavy atom. The molecule has 1 aromatic rings. The summed E-state index contributed by atoms with van der Waals surface area (Å²) in [7, 11) is -3.60. The molecule has 3 N–H and O–H groups in total. The van der Waals surface area contributed by atoms with E-state index in [2.05, 4.69) is 9.71 Å². The molecule has 0 unspecified atom stereocenters. The minimum Gasteiger partial charge on any atom is -0.396 e. The molecule has 2 rings (SSSR count). The molecule has 1 aliphatic rings. The molecule has 0 aromatic carbocycles. The molecule has 88 valence electrons. The third-order valence-electron chi connectivity index (χ3n) is 2.89. The molecule has 0 aliphatic heterocycles. The van der Waals surface area contributed by atoms with Gasteiger partial charge in [0.15, 0.2) is 5.03 Å². The lowest BCUT2D eigenvalue weighted by atomic mass is 9.80. The van der Waals surface area contributed by atoms with Gasteiger partial charge in [0.05, 0.1) is 5.69 Å². The zero-order valence-electron chi connectivity index (χ0n) is 9.10. The Kier molecular flexibility index (Phi) is 2.63. The maximum Gasteiger partial charge on any atom is 0.260 e. The molecule has 1 fully saturated rings. The maximum atomic E-state index is 12.0. The molecular formula is C10H15N3O2S. The average Bonchev–Trinajstić information content (AvgIpc) is 2.15. The standard InChI is InChI=1S/C10H15N3O2S/c1-10(5-3-6-10)13-16(14,15)9-8(11)4-2-7-12-9/h2,4,7,13H,3,5-6,11H2,1H3. The number of pyridine rings is 1. The summed E-state index contributed by atoms with van der Waals surface area (Å²) in [5, 5.41) is -0.0804. The summed E-state index contributed by atoms with van der Waals surface area (Å²) in [6.45, 7) is 1.90. The van der Waals surface area contributed by atoms with Crippen molar-refractivity contribution in [1.29, 1.82) is 0 Å². The lowest BCUT2D eigenvalue weighted by molar-refractivity contribution is 0.248. The average molecular weight is 241 g/mol. The van der Waals surface area contributed by atoms with Crippen LogP contribution in [0.5, 0.6) is 0 Å². The fourth-order valence-corrected chi connectivity index (χ4v) is 3.34. The topological polar surface area (TPSA) is 85.1 Å². The van der Waals surface area contributed by atoms with Gasteiger partial charge in [0.2, 0.25) is 0 Å². The molecule has 0 saturated heterocycles. The largest absolute Gasteiger partial charge is 0.396 e. The molecule has 0 spiro atoms. The van der Waals surface area contributed by atoms with Gasteiger partial charge in [-0.2, -0.15) is 0 Å². The van der Waals surface area contributed by atoms with Crippen LogP contribution < -0.4 is 10.5 Å². The van der Waals surface area contributed by atoms with Gasteiger partial charge in [-0.25, -0.2) is 18.1 Å². The minimum atomic E-state index is -3.60. The van der Waals surface area contributed by atoms with E-state index >= 15 is 0 Å². The van der Waals surface area contributed by atoms with Crippen LogP contribution in [0.15, 0.2) is 23.4 Å². The van der Waals surface area contributed by atoms with E-state index in [9.17, 15) is 8.42 Å². The van der Waals surface area contributed by atoms with Gasteiger partial charge >= 0.3 is 0 Å². The molecule has 0 bridgehead atoms. The van der Waals surface area contributed by atoms with Crippen LogP contribution in [0.3, 0.4) is 0 Å². The van der Waals surface area contributed by atoms with Gasteiger partial charge in [-0.3, -0.25) is 0 Å². The monoisotopic (exact) mass is 241 g/mol. The molecule has 0 radical (unpaired) electrons. The van der Waals surface area contributed by atoms with Gasteiger partial charge in [0.25, 0.3) is 10.0 Å². The quantitative estimate of drug-likeness (QED) is 0.822. The van der Waals surface area contributed by atoms with Crippen LogP contribution in [0, 0.1) is 0 Å². The van der Waals surface area contributed by atoms with E-state index in [-0.39, 0.29) is 16.3 Å². The summed E-state index contributed by atoms with van der Waals surface area (Å²) in [6.07, 6.45) is 4.20. The number of aromatic nitrogens is 1. The van der Waals surface area contributed by atoms with E-state index in [0.717, 1.165) is 19.3 Å². The summed E-state index contributed by atoms with van der Waals surface area (Å²) in [5.41, 5.74) is 5.45. The number of nitrogens with one attached hydrogen (secondary N) is 1. The lowest BCUT2D eigenvalue weighted by Gasteiger charge is -2.38. The van der Waals surface area contributed by atoms with Crippen molar-refractivity contribution in [3.63, 3.8) is 0 Å². The van der Waals surface area contributed by atoms with Gasteiger partial charge in [0, 0.05) is 11.7 Å². The predicted molar refractivity (Wildman–Crippen MR) is 61.2 cm³/mol. The van der Waals surface area contributed by atoms with Crippen molar-refractivity contribution in [2.75, 3.05) is 5.73 Å². The van der Waals surface area contributed by atoms with Crippen molar-refractivity contribution in [1.82, 2.24) is 9.71 Å². The van der Waals surface area contributed by atoms with E-state index in [1.807, 2.05) is 6.92 Å². The van der Waals surface area contributed by atoms with Gasteiger partial charge in [-0.15, -0.1) is 0 Å². The van der Waals surface area contributed by atoms with Crippen LogP contribution in [-0.4, -0.2) is 18.9 Å². The Morgan fingerprint density at radius 3 is 2.69 bits per heavy atom. The molecule has 6 heteroatoms. The highest BCUT2D eigenvalue weighted by Crippen LogP contribution is 2.32. The van der Waals surface area contributed by atoms with Gasteiger partial charge in [0.1, 0.15) is 0 Å². The highest BCUT2D eigenvalue weighted by Gasteiger charge is 2.37. The third kappa shape index (κ3) is 2.03. The van der Waals surface area contributed by atoms with E-state index in [1.54, 1.807) is 6.07 Å². The second kappa shape index (κ2) is 3.71. The van der Waals surface area contributed by atoms with Crippen LogP contribution >= 0.6 is 0 Å². The number of nitrogens with two attached hydrogens (primary N) is 1. The maximum absolute atomic E-state index is 12.0. The van der Waals surface area contributed by atoms with Gasteiger partial charge in [-0.05, 0) is 38.3 Å². The van der Waals surface area contributed by atoms with Crippen LogP contribution in [0.2, 0.25) is 0 Å². The van der Waals surface area contributed by atoms with Crippen molar-refractivity contribution in [2.24, 2.45) is 0 Å². The van der Waals surface area contributed by atoms with Crippen molar-refractivity contribution in [3.05, 3.63) is 18.3 Å². The first-order chi connectivity index (χ1) is 7.43. The number of nitrogen functional groups attached to an aromatic ring is 1. The molecule has 1 heterocycles. The first-order valence-corrected chi connectivity index (χ1v) is 6.66. The number of sulfonamides is 1. The van der Waals surface area contributed by atoms with E-state index in [4.69, 9.17) is 5.73 Å². The van der Waals surface area contributed by atoms with E-state index in [0.29, 0.717) is 0 Å². The highest BCUT2D eigenvalue weighted by atomic mass is 32.2. The fraction of sp³-hybridized carbons (Fsp3) is 0.500. The highest BCUT2D eigenvalue weighted by molar-refractivity contribution is 7.89. The zero-order valence-corrected chi connectivity index (χ0v) is 9.92. The first-order valence-electron chi connectivity index (χ1n) is 5.17. The molecule has 1 saturated carbocycles. The Hall–Kier alpha value is -1.14. The summed E-state index contributed by atoms with van der Waals surface area (Å²) in [4.78, 5) is 3.82. The number of hydrogen-bond acceptors (Lipinski definition) is 4. The Balaban J connectivity index is 2.29. The molecule has 1 aromatic heterocycles. The number of nitrogens with zero attached hydrogens (tertiary/aromatic N) is 1. The Morgan fingerprint density at radius 1 is 1.50 bits per heavy atom. The van der Waals surface area contributed by atoms with E-state index in [1.165, 1.54) is 12.3 Å². The molecule has 5 nitrogen and oxygen atoms in total. The molecular weight excluding hydrogens is 226 g/mol. The molecule has 0 atom stereocenters. The second-order valence-electron chi connectivity index (χ2n) is 4.42. The summed E-state index contributed by atoms with van der Waals surface area (Å²) in [5.74, 6) is 0. The Bertz CT molecular complexity index is 495. The van der Waals surface area contributed by atoms with Crippen molar-refractivity contribution < 1.29 is 8.42 Å². The summed E-state index contributed by atoms with van der Waals surface area (Å²) >= 11 is 0. The lowest BCUT2D eigenvalue weighted by Crippen LogP contribution is -2.51. The van der Waals surface area contributed by atoms with Crippen LogP contribution in [0.25, 0.3) is 0 Å². The van der Waals surface area contributed by atoms with Crippen molar-refractivity contribution in [3.8, 4) is 0 Å². The van der Waals surface area contributed by atoms with Gasteiger partial charge < -0.3 is 5.73 Å². The normalized spacial score (nSPS) is 19.1. The second-order valence-corrected chi connectivity index (χ2v) is 6.02. The number of hydrogen-bond donors (Lipinski definition) is 2. The Labute approximate surface area is 95.1 Å². The summed E-state index contributed by atoms with van der Waals surface area (Å²) in [6, 6.07) is 3.14. The number of anilines is 1. The molecule has 1 aliphatic carbocycles. The SMILES string of the molecule is CC1(NS(=O)(=O)c2ncccc2N)CCC1. The van der Waals surface area contributed by atoms with Crippen molar-refractivity contribution >= 4 is 15.7 Å².